The highest BCUT2D eigenvalue weighted by molar-refractivity contribution is 5.79. The SMILES string of the molecule is O=C(NC1CC1)C1CCCN(C2CCN(Cc3ccc4ccccc4n3)CC2)C1. The van der Waals surface area contributed by atoms with Gasteiger partial charge in [0.05, 0.1) is 17.1 Å². The Labute approximate surface area is 173 Å². The highest BCUT2D eigenvalue weighted by Gasteiger charge is 2.33. The predicted octanol–water partition coefficient (Wildman–Crippen LogP) is 3.19. The normalized spacial score (nSPS) is 24.6. The van der Waals surface area contributed by atoms with Crippen molar-refractivity contribution in [3.63, 3.8) is 0 Å². The Morgan fingerprint density at radius 2 is 1.83 bits per heavy atom. The topological polar surface area (TPSA) is 48.5 Å². The summed E-state index contributed by atoms with van der Waals surface area (Å²) in [6, 6.07) is 13.8. The van der Waals surface area contributed by atoms with Crippen LogP contribution in [0.5, 0.6) is 0 Å². The molecule has 29 heavy (non-hydrogen) atoms. The molecule has 1 aliphatic carbocycles. The monoisotopic (exact) mass is 392 g/mol. The first-order valence-corrected chi connectivity index (χ1v) is 11.4. The largest absolute Gasteiger partial charge is 0.353 e. The average Bonchev–Trinajstić information content (AvgIpc) is 3.58. The molecule has 1 aromatic heterocycles. The second-order valence-electron chi connectivity index (χ2n) is 9.12. The molecule has 0 spiro atoms. The number of rotatable bonds is 5. The van der Waals surface area contributed by atoms with Gasteiger partial charge in [-0.05, 0) is 57.2 Å². The first-order chi connectivity index (χ1) is 14.2. The lowest BCUT2D eigenvalue weighted by Gasteiger charge is -2.42. The minimum Gasteiger partial charge on any atom is -0.353 e. The number of piperidine rings is 2. The number of benzene rings is 1. The van der Waals surface area contributed by atoms with Crippen molar-refractivity contribution in [2.45, 2.75) is 57.2 Å². The van der Waals surface area contributed by atoms with E-state index in [1.54, 1.807) is 0 Å². The van der Waals surface area contributed by atoms with Gasteiger partial charge in [0, 0.05) is 43.6 Å². The average molecular weight is 393 g/mol. The van der Waals surface area contributed by atoms with Gasteiger partial charge in [0.1, 0.15) is 0 Å². The number of likely N-dealkylation sites (tertiary alicyclic amines) is 2. The summed E-state index contributed by atoms with van der Waals surface area (Å²) in [7, 11) is 0. The second kappa shape index (κ2) is 8.41. The Kier molecular flexibility index (Phi) is 5.51. The molecule has 154 valence electrons. The number of hydrogen-bond acceptors (Lipinski definition) is 4. The van der Waals surface area contributed by atoms with Crippen LogP contribution >= 0.6 is 0 Å². The molecule has 3 heterocycles. The number of nitrogens with zero attached hydrogens (tertiary/aromatic N) is 3. The summed E-state index contributed by atoms with van der Waals surface area (Å²) in [6.07, 6.45) is 6.96. The number of pyridine rings is 1. The van der Waals surface area contributed by atoms with Crippen LogP contribution in [0.2, 0.25) is 0 Å². The first kappa shape index (κ1) is 19.0. The summed E-state index contributed by atoms with van der Waals surface area (Å²) in [5.41, 5.74) is 2.25. The van der Waals surface area contributed by atoms with Crippen molar-refractivity contribution in [1.82, 2.24) is 20.1 Å². The summed E-state index contributed by atoms with van der Waals surface area (Å²) in [6.45, 7) is 5.28. The summed E-state index contributed by atoms with van der Waals surface area (Å²) < 4.78 is 0. The zero-order chi connectivity index (χ0) is 19.6. The van der Waals surface area contributed by atoms with Crippen molar-refractivity contribution in [1.29, 1.82) is 0 Å². The van der Waals surface area contributed by atoms with Crippen molar-refractivity contribution in [2.75, 3.05) is 26.2 Å². The van der Waals surface area contributed by atoms with E-state index >= 15 is 0 Å². The zero-order valence-corrected chi connectivity index (χ0v) is 17.2. The molecule has 5 heteroatoms. The Hall–Kier alpha value is -1.98. The Morgan fingerprint density at radius 1 is 1.00 bits per heavy atom. The smallest absolute Gasteiger partial charge is 0.224 e. The van der Waals surface area contributed by atoms with Crippen molar-refractivity contribution in [3.8, 4) is 0 Å². The van der Waals surface area contributed by atoms with Crippen molar-refractivity contribution < 1.29 is 4.79 Å². The Balaban J connectivity index is 1.13. The number of fused-ring (bicyclic) bond motifs is 1. The molecule has 1 N–H and O–H groups in total. The summed E-state index contributed by atoms with van der Waals surface area (Å²) in [5, 5.41) is 4.42. The Bertz CT molecular complexity index is 857. The maximum Gasteiger partial charge on any atom is 0.224 e. The molecule has 1 unspecified atom stereocenters. The van der Waals surface area contributed by atoms with E-state index in [0.717, 1.165) is 56.8 Å². The molecule has 2 aliphatic heterocycles. The molecule has 5 rings (SSSR count). The van der Waals surface area contributed by atoms with Crippen LogP contribution in [0.4, 0.5) is 0 Å². The number of amides is 1. The van der Waals surface area contributed by atoms with E-state index in [-0.39, 0.29) is 5.92 Å². The van der Waals surface area contributed by atoms with Crippen molar-refractivity contribution in [2.24, 2.45) is 5.92 Å². The number of para-hydroxylation sites is 1. The predicted molar refractivity (Wildman–Crippen MR) is 116 cm³/mol. The van der Waals surface area contributed by atoms with Gasteiger partial charge in [0.25, 0.3) is 0 Å². The van der Waals surface area contributed by atoms with E-state index < -0.39 is 0 Å². The molecule has 1 atom stereocenters. The van der Waals surface area contributed by atoms with Crippen LogP contribution in [0, 0.1) is 5.92 Å². The third kappa shape index (κ3) is 4.62. The number of hydrogen-bond donors (Lipinski definition) is 1. The highest BCUT2D eigenvalue weighted by atomic mass is 16.2. The molecule has 2 aromatic rings. The van der Waals surface area contributed by atoms with Gasteiger partial charge in [-0.3, -0.25) is 19.6 Å². The quantitative estimate of drug-likeness (QED) is 0.849. The van der Waals surface area contributed by atoms with Gasteiger partial charge < -0.3 is 5.32 Å². The van der Waals surface area contributed by atoms with Crippen molar-refractivity contribution >= 4 is 16.8 Å². The van der Waals surface area contributed by atoms with E-state index in [1.165, 1.54) is 31.1 Å². The van der Waals surface area contributed by atoms with E-state index in [1.807, 2.05) is 0 Å². The minimum atomic E-state index is 0.198. The van der Waals surface area contributed by atoms with Gasteiger partial charge >= 0.3 is 0 Å². The van der Waals surface area contributed by atoms with Crippen LogP contribution in [-0.2, 0) is 11.3 Å². The molecule has 1 aromatic carbocycles. The Morgan fingerprint density at radius 3 is 2.66 bits per heavy atom. The van der Waals surface area contributed by atoms with Crippen LogP contribution in [0.15, 0.2) is 36.4 Å². The summed E-state index contributed by atoms with van der Waals surface area (Å²) in [4.78, 5) is 22.5. The molecule has 0 radical (unpaired) electrons. The number of aromatic nitrogens is 1. The fraction of sp³-hybridized carbons (Fsp3) is 0.583. The molecule has 1 amide bonds. The van der Waals surface area contributed by atoms with E-state index in [0.29, 0.717) is 18.0 Å². The summed E-state index contributed by atoms with van der Waals surface area (Å²) in [5.74, 6) is 0.501. The molecule has 2 saturated heterocycles. The summed E-state index contributed by atoms with van der Waals surface area (Å²) >= 11 is 0. The fourth-order valence-corrected chi connectivity index (χ4v) is 4.97. The lowest BCUT2D eigenvalue weighted by atomic mass is 9.93. The van der Waals surface area contributed by atoms with Crippen LogP contribution in [-0.4, -0.2) is 59.0 Å². The third-order valence-electron chi connectivity index (χ3n) is 6.86. The molecule has 1 saturated carbocycles. The first-order valence-electron chi connectivity index (χ1n) is 11.4. The fourth-order valence-electron chi connectivity index (χ4n) is 4.97. The van der Waals surface area contributed by atoms with Crippen LogP contribution in [0.25, 0.3) is 10.9 Å². The van der Waals surface area contributed by atoms with Crippen LogP contribution in [0.1, 0.15) is 44.2 Å². The van der Waals surface area contributed by atoms with Gasteiger partial charge in [0.2, 0.25) is 5.91 Å². The zero-order valence-electron chi connectivity index (χ0n) is 17.2. The maximum atomic E-state index is 12.5. The van der Waals surface area contributed by atoms with E-state index in [4.69, 9.17) is 4.98 Å². The number of carbonyl (C=O) groups excluding carboxylic acids is 1. The van der Waals surface area contributed by atoms with Gasteiger partial charge in [0.15, 0.2) is 0 Å². The van der Waals surface area contributed by atoms with Gasteiger partial charge in [-0.25, -0.2) is 0 Å². The molecular weight excluding hydrogens is 360 g/mol. The van der Waals surface area contributed by atoms with E-state index in [9.17, 15) is 4.79 Å². The van der Waals surface area contributed by atoms with Crippen LogP contribution in [0.3, 0.4) is 0 Å². The van der Waals surface area contributed by atoms with Crippen molar-refractivity contribution in [3.05, 3.63) is 42.1 Å². The van der Waals surface area contributed by atoms with E-state index in [2.05, 4.69) is 51.5 Å². The second-order valence-corrected chi connectivity index (χ2v) is 9.12. The van der Waals surface area contributed by atoms with Gasteiger partial charge in [-0.1, -0.05) is 24.3 Å². The molecule has 3 fully saturated rings. The molecular formula is C24H32N4O. The molecule has 5 nitrogen and oxygen atoms in total. The number of nitrogens with one attached hydrogen (secondary N) is 1. The maximum absolute atomic E-state index is 12.5. The minimum absolute atomic E-state index is 0.198. The lowest BCUT2D eigenvalue weighted by Crippen LogP contribution is -2.50. The standard InChI is InChI=1S/C24H32N4O/c29-24(26-20-9-10-20)19-5-3-13-28(16-19)22-11-14-27(15-12-22)17-21-8-7-18-4-1-2-6-23(18)25-21/h1-2,4,6-8,19-20,22H,3,5,9-17H2,(H,26,29). The molecule has 0 bridgehead atoms. The van der Waals surface area contributed by atoms with Gasteiger partial charge in [-0.2, -0.15) is 0 Å². The number of carbonyl (C=O) groups is 1. The third-order valence-corrected chi connectivity index (χ3v) is 6.86. The van der Waals surface area contributed by atoms with Crippen LogP contribution < -0.4 is 5.32 Å². The highest BCUT2D eigenvalue weighted by Crippen LogP contribution is 2.26. The lowest BCUT2D eigenvalue weighted by molar-refractivity contribution is -0.127. The van der Waals surface area contributed by atoms with Gasteiger partial charge in [-0.15, -0.1) is 0 Å². The molecule has 3 aliphatic rings.